The molecule has 0 N–H and O–H groups in total. The zero-order valence-electron chi connectivity index (χ0n) is 43.2. The number of hydrogen-bond acceptors (Lipinski definition) is 0. The quantitative estimate of drug-likeness (QED) is 0.202. The van der Waals surface area contributed by atoms with Gasteiger partial charge in [-0.2, -0.15) is 0 Å². The van der Waals surface area contributed by atoms with Gasteiger partial charge < -0.3 is 0 Å². The summed E-state index contributed by atoms with van der Waals surface area (Å²) < 4.78 is 4.06. The first-order valence-electron chi connectivity index (χ1n) is 23.4. The molecule has 5 atom stereocenters. The van der Waals surface area contributed by atoms with Crippen LogP contribution >= 0.6 is 0 Å². The van der Waals surface area contributed by atoms with E-state index in [1.165, 1.54) is 28.7 Å². The van der Waals surface area contributed by atoms with Crippen LogP contribution in [0.4, 0.5) is 0 Å². The molecule has 0 aliphatic heterocycles. The maximum atomic E-state index is 2.65. The first-order chi connectivity index (χ1) is 27.5. The van der Waals surface area contributed by atoms with Gasteiger partial charge in [0.2, 0.25) is 0 Å². The number of rotatable bonds is 9. The molecule has 0 bridgehead atoms. The molecular weight excluding hydrogens is 1010 g/mol. The van der Waals surface area contributed by atoms with Gasteiger partial charge in [0.05, 0.1) is 0 Å². The van der Waals surface area contributed by atoms with Crippen LogP contribution in [0.3, 0.4) is 0 Å². The van der Waals surface area contributed by atoms with E-state index in [-0.39, 0.29) is 0 Å². The number of allylic oxidation sites excluding steroid dienone is 24. The minimum absolute atomic E-state index is 0.418. The summed E-state index contributed by atoms with van der Waals surface area (Å²) in [6, 6.07) is 0. The van der Waals surface area contributed by atoms with E-state index in [0.717, 1.165) is 0 Å². The van der Waals surface area contributed by atoms with E-state index in [4.69, 9.17) is 0 Å². The molecule has 6 rings (SSSR count). The molecule has 60 heavy (non-hydrogen) atoms. The van der Waals surface area contributed by atoms with Crippen LogP contribution < -0.4 is 0 Å². The van der Waals surface area contributed by atoms with Gasteiger partial charge in [0.15, 0.2) is 0 Å². The van der Waals surface area contributed by atoms with Crippen LogP contribution in [0.15, 0.2) is 136 Å². The van der Waals surface area contributed by atoms with Crippen molar-refractivity contribution >= 4 is 17.8 Å². The van der Waals surface area contributed by atoms with Gasteiger partial charge in [-0.1, -0.05) is 0 Å². The van der Waals surface area contributed by atoms with Crippen LogP contribution in [-0.2, 0) is 62.7 Å². The monoisotopic (exact) mass is 1090 g/mol. The zero-order chi connectivity index (χ0) is 45.8. The van der Waals surface area contributed by atoms with E-state index in [1.807, 2.05) is 3.28 Å². The predicted octanol–water partition coefficient (Wildman–Crippen LogP) is 17.2. The summed E-state index contributed by atoms with van der Waals surface area (Å²) in [7, 11) is 0. The van der Waals surface area contributed by atoms with E-state index in [9.17, 15) is 0 Å². The summed E-state index contributed by atoms with van der Waals surface area (Å²) in [6.07, 6.45) is 26.1. The van der Waals surface area contributed by atoms with Crippen LogP contribution in [0.25, 0.3) is 0 Å². The first-order valence-corrected chi connectivity index (χ1v) is 52.2. The average Bonchev–Trinajstić information content (AvgIpc) is 3.92. The Balaban J connectivity index is 0.000000199. The van der Waals surface area contributed by atoms with Crippen LogP contribution in [-0.4, -0.2) is 17.8 Å². The van der Waals surface area contributed by atoms with Crippen molar-refractivity contribution in [3.05, 3.63) is 136 Å². The molecule has 0 aromatic rings. The van der Waals surface area contributed by atoms with Crippen molar-refractivity contribution in [3.63, 3.8) is 0 Å². The summed E-state index contributed by atoms with van der Waals surface area (Å²) in [5.41, 5.74) is 20.8. The molecular formula is C54H87Si3Zr3. The molecule has 0 fully saturated rings. The Bertz CT molecular complexity index is 2140. The summed E-state index contributed by atoms with van der Waals surface area (Å²) in [5, 5.41) is 0. The van der Waals surface area contributed by atoms with Gasteiger partial charge in [0.25, 0.3) is 0 Å². The van der Waals surface area contributed by atoms with Crippen LogP contribution in [0.2, 0.25) is 54.9 Å². The second kappa shape index (κ2) is 19.6. The van der Waals surface area contributed by atoms with Crippen molar-refractivity contribution in [2.24, 2.45) is 0 Å². The van der Waals surface area contributed by atoms with Crippen LogP contribution in [0.5, 0.6) is 0 Å². The first kappa shape index (κ1) is 52.8. The molecule has 0 nitrogen and oxygen atoms in total. The molecule has 0 heterocycles. The summed E-state index contributed by atoms with van der Waals surface area (Å²) in [4.78, 5) is 0. The average molecular weight is 1090 g/mol. The fraction of sp³-hybridized carbons (Fsp3) is 0.556. The third-order valence-corrected chi connectivity index (χ3v) is 89.1. The van der Waals surface area contributed by atoms with Crippen molar-refractivity contribution < 1.29 is 62.7 Å². The molecule has 0 spiro atoms. The Labute approximate surface area is 398 Å². The molecule has 6 aliphatic rings. The fourth-order valence-electron chi connectivity index (χ4n) is 12.8. The Hall–Kier alpha value is 0.180. The van der Waals surface area contributed by atoms with E-state index in [0.29, 0.717) is 15.6 Å². The summed E-state index contributed by atoms with van der Waals surface area (Å²) >= 11 is -5.02. The van der Waals surface area contributed by atoms with E-state index < -0.39 is 80.5 Å². The molecule has 327 valence electrons. The van der Waals surface area contributed by atoms with E-state index >= 15 is 0 Å². The van der Waals surface area contributed by atoms with Gasteiger partial charge >= 0.3 is 403 Å². The summed E-state index contributed by atoms with van der Waals surface area (Å²) in [5.74, 6) is -1.85. The van der Waals surface area contributed by atoms with Crippen molar-refractivity contribution in [1.82, 2.24) is 0 Å². The molecule has 0 aromatic carbocycles. The normalized spacial score (nSPS) is 30.9. The summed E-state index contributed by atoms with van der Waals surface area (Å²) in [6.45, 7) is 59.0. The molecule has 0 saturated carbocycles. The molecule has 6 aliphatic carbocycles. The molecule has 0 aromatic heterocycles. The Morgan fingerprint density at radius 3 is 1.15 bits per heavy atom. The van der Waals surface area contributed by atoms with E-state index in [2.05, 4.69) is 225 Å². The van der Waals surface area contributed by atoms with Crippen LogP contribution in [0, 0.1) is 0 Å². The second-order valence-corrected chi connectivity index (χ2v) is 84.6. The van der Waals surface area contributed by atoms with Gasteiger partial charge in [-0.05, 0) is 0 Å². The van der Waals surface area contributed by atoms with Crippen molar-refractivity contribution in [3.8, 4) is 0 Å². The second-order valence-electron chi connectivity index (χ2n) is 21.6. The topological polar surface area (TPSA) is 0 Å². The van der Waals surface area contributed by atoms with Crippen molar-refractivity contribution in [2.45, 2.75) is 186 Å². The van der Waals surface area contributed by atoms with Gasteiger partial charge in [-0.25, -0.2) is 0 Å². The van der Waals surface area contributed by atoms with Gasteiger partial charge in [-0.3, -0.25) is 0 Å². The SMILES string of the molecule is CC1=C[C](C)([Zr]([C]2=C(C)C=CC2)[SiH](C)C)C(C)=C1C.CC1=C[C](C)([Zr]([SiH](C)C)[C]2(C)C=CC(C)=C2C)C(C)=C1C.CC1=C[C](C)([Zr]([SiH](C)C)[C]2(C)C=CC=C2C)C(C)=C1C. The third kappa shape index (κ3) is 9.41. The maximum absolute atomic E-state index is 2.65. The predicted molar refractivity (Wildman–Crippen MR) is 272 cm³/mol. The molecule has 5 unspecified atom stereocenters. The van der Waals surface area contributed by atoms with Gasteiger partial charge in [-0.15, -0.1) is 0 Å². The Kier molecular flexibility index (Phi) is 17.2. The van der Waals surface area contributed by atoms with Crippen LogP contribution in [0.1, 0.15) is 131 Å². The fourth-order valence-corrected chi connectivity index (χ4v) is 100. The van der Waals surface area contributed by atoms with E-state index in [1.54, 1.807) is 50.2 Å². The van der Waals surface area contributed by atoms with Crippen molar-refractivity contribution in [1.29, 1.82) is 0 Å². The van der Waals surface area contributed by atoms with Gasteiger partial charge in [0, 0.05) is 0 Å². The van der Waals surface area contributed by atoms with Crippen molar-refractivity contribution in [2.75, 3.05) is 0 Å². The molecule has 0 amide bonds. The Morgan fingerprint density at radius 2 is 0.867 bits per heavy atom. The molecule has 0 saturated heterocycles. The minimum atomic E-state index is -1.74. The third-order valence-electron chi connectivity index (χ3n) is 17.0. The molecule has 6 heteroatoms. The number of hydrogen-bond donors (Lipinski definition) is 0. The van der Waals surface area contributed by atoms with Gasteiger partial charge in [0.1, 0.15) is 0 Å². The Morgan fingerprint density at radius 1 is 0.450 bits per heavy atom. The molecule has 0 radical (unpaired) electrons. The zero-order valence-corrected chi connectivity index (χ0v) is 54.1. The standard InChI is InChI=1S/3C9H13.C8H11.C7H9.C6H7.3C2H7Si.3Zr/c3*1-6-5-7(2)9(4)8(6)3;1-6-4-5-7(2)8(6)3;1-6-4-3-5-7(6)2;1-6-4-2-3-5-6;3*1-3-2;;;/h3*5H,1-4H3;4-5H,1-3H3;3-5H,1-2H3;2,4H,3H2,1H3;3*3H,1-2H3;;;.